The van der Waals surface area contributed by atoms with Crippen molar-refractivity contribution in [1.29, 1.82) is 5.26 Å². The summed E-state index contributed by atoms with van der Waals surface area (Å²) < 4.78 is 5.44. The molecular weight excluding hydrogens is 330 g/mol. The van der Waals surface area contributed by atoms with E-state index in [1.54, 1.807) is 31.2 Å². The summed E-state index contributed by atoms with van der Waals surface area (Å²) in [6.07, 6.45) is -0.0299. The third-order valence-corrected chi connectivity index (χ3v) is 3.66. The Balaban J connectivity index is 2.16. The van der Waals surface area contributed by atoms with Crippen LogP contribution in [0.3, 0.4) is 0 Å². The lowest BCUT2D eigenvalue weighted by Crippen LogP contribution is -2.34. The number of hydrogen-bond donors (Lipinski definition) is 1. The number of rotatable bonds is 6. The number of carbonyl (C=O) groups excluding carboxylic acids is 2. The van der Waals surface area contributed by atoms with Gasteiger partial charge in [0.2, 0.25) is 5.91 Å². The molecule has 1 N–H and O–H groups in total. The minimum Gasteiger partial charge on any atom is -0.410 e. The van der Waals surface area contributed by atoms with Gasteiger partial charge in [0.1, 0.15) is 5.75 Å². The monoisotopic (exact) mass is 351 g/mol. The first kappa shape index (κ1) is 19.0. The number of hydrogen-bond acceptors (Lipinski definition) is 4. The van der Waals surface area contributed by atoms with Gasteiger partial charge >= 0.3 is 6.09 Å². The van der Waals surface area contributed by atoms with Gasteiger partial charge in [0, 0.05) is 30.4 Å². The molecule has 2 aromatic carbocycles. The fraction of sp³-hybridized carbons (Fsp3) is 0.250. The van der Waals surface area contributed by atoms with Crippen molar-refractivity contribution in [2.45, 2.75) is 26.7 Å². The lowest BCUT2D eigenvalue weighted by atomic mass is 10.2. The predicted octanol–water partition coefficient (Wildman–Crippen LogP) is 4.26. The van der Waals surface area contributed by atoms with Crippen molar-refractivity contribution < 1.29 is 14.3 Å². The van der Waals surface area contributed by atoms with Gasteiger partial charge in [-0.05, 0) is 31.2 Å². The summed E-state index contributed by atoms with van der Waals surface area (Å²) in [5.74, 6) is 0.196. The SMILES string of the molecule is CCC(=O)Nc1cccc(OC(=O)N(CCC#N)c2ccc(C)cc2)c1. The maximum Gasteiger partial charge on any atom is 0.419 e. The number of ether oxygens (including phenoxy) is 1. The van der Waals surface area contributed by atoms with Gasteiger partial charge in [-0.2, -0.15) is 5.26 Å². The maximum absolute atomic E-state index is 12.6. The lowest BCUT2D eigenvalue weighted by molar-refractivity contribution is -0.115. The molecule has 2 amide bonds. The Bertz CT molecular complexity index is 810. The topological polar surface area (TPSA) is 82.4 Å². The van der Waals surface area contributed by atoms with Crippen LogP contribution in [-0.4, -0.2) is 18.5 Å². The van der Waals surface area contributed by atoms with E-state index in [2.05, 4.69) is 5.32 Å². The molecule has 26 heavy (non-hydrogen) atoms. The van der Waals surface area contributed by atoms with Crippen LogP contribution < -0.4 is 15.0 Å². The smallest absolute Gasteiger partial charge is 0.410 e. The zero-order valence-corrected chi connectivity index (χ0v) is 14.9. The fourth-order valence-corrected chi connectivity index (χ4v) is 2.25. The van der Waals surface area contributed by atoms with E-state index in [4.69, 9.17) is 10.00 Å². The highest BCUT2D eigenvalue weighted by Crippen LogP contribution is 2.21. The molecule has 0 aromatic heterocycles. The van der Waals surface area contributed by atoms with Crippen molar-refractivity contribution in [3.63, 3.8) is 0 Å². The van der Waals surface area contributed by atoms with Gasteiger partial charge in [0.25, 0.3) is 0 Å². The van der Waals surface area contributed by atoms with Crippen molar-refractivity contribution in [2.75, 3.05) is 16.8 Å². The van der Waals surface area contributed by atoms with Crippen LogP contribution in [0, 0.1) is 18.3 Å². The molecule has 0 atom stereocenters. The van der Waals surface area contributed by atoms with E-state index in [0.29, 0.717) is 23.5 Å². The zero-order chi connectivity index (χ0) is 18.9. The summed E-state index contributed by atoms with van der Waals surface area (Å²) in [7, 11) is 0. The van der Waals surface area contributed by atoms with Crippen LogP contribution in [0.15, 0.2) is 48.5 Å². The normalized spacial score (nSPS) is 9.88. The molecule has 2 aromatic rings. The van der Waals surface area contributed by atoms with Crippen LogP contribution in [0.25, 0.3) is 0 Å². The Morgan fingerprint density at radius 1 is 1.19 bits per heavy atom. The van der Waals surface area contributed by atoms with Crippen LogP contribution in [0.2, 0.25) is 0 Å². The first-order valence-electron chi connectivity index (χ1n) is 8.36. The molecule has 6 heteroatoms. The highest BCUT2D eigenvalue weighted by Gasteiger charge is 2.18. The first-order chi connectivity index (χ1) is 12.5. The number of nitriles is 1. The maximum atomic E-state index is 12.6. The van der Waals surface area contributed by atoms with E-state index in [1.807, 2.05) is 37.3 Å². The minimum absolute atomic E-state index is 0.122. The van der Waals surface area contributed by atoms with Gasteiger partial charge in [0.15, 0.2) is 0 Å². The van der Waals surface area contributed by atoms with E-state index < -0.39 is 6.09 Å². The first-order valence-corrected chi connectivity index (χ1v) is 8.36. The summed E-state index contributed by atoms with van der Waals surface area (Å²) in [5.41, 5.74) is 2.29. The van der Waals surface area contributed by atoms with E-state index in [-0.39, 0.29) is 18.9 Å². The van der Waals surface area contributed by atoms with Crippen molar-refractivity contribution in [1.82, 2.24) is 0 Å². The van der Waals surface area contributed by atoms with Crippen LogP contribution in [0.5, 0.6) is 5.75 Å². The Morgan fingerprint density at radius 3 is 2.58 bits per heavy atom. The summed E-state index contributed by atoms with van der Waals surface area (Å²) >= 11 is 0. The molecule has 0 saturated carbocycles. The van der Waals surface area contributed by atoms with Crippen LogP contribution in [-0.2, 0) is 4.79 Å². The highest BCUT2D eigenvalue weighted by atomic mass is 16.6. The van der Waals surface area contributed by atoms with Gasteiger partial charge in [-0.3, -0.25) is 9.69 Å². The van der Waals surface area contributed by atoms with Crippen molar-refractivity contribution >= 4 is 23.4 Å². The molecule has 0 heterocycles. The highest BCUT2D eigenvalue weighted by molar-refractivity contribution is 5.91. The molecule has 0 fully saturated rings. The van der Waals surface area contributed by atoms with E-state index in [1.165, 1.54) is 4.90 Å². The summed E-state index contributed by atoms with van der Waals surface area (Å²) in [4.78, 5) is 25.5. The second-order valence-electron chi connectivity index (χ2n) is 5.69. The predicted molar refractivity (Wildman–Crippen MR) is 100 cm³/mol. The summed E-state index contributed by atoms with van der Waals surface area (Å²) in [6.45, 7) is 3.94. The number of anilines is 2. The van der Waals surface area contributed by atoms with Crippen LogP contribution >= 0.6 is 0 Å². The summed E-state index contributed by atoms with van der Waals surface area (Å²) in [5, 5.41) is 11.6. The molecule has 0 saturated heterocycles. The van der Waals surface area contributed by atoms with E-state index in [9.17, 15) is 9.59 Å². The lowest BCUT2D eigenvalue weighted by Gasteiger charge is -2.21. The average Bonchev–Trinajstić information content (AvgIpc) is 2.63. The van der Waals surface area contributed by atoms with Gasteiger partial charge in [-0.15, -0.1) is 0 Å². The number of nitrogens with one attached hydrogen (secondary N) is 1. The van der Waals surface area contributed by atoms with E-state index in [0.717, 1.165) is 5.56 Å². The van der Waals surface area contributed by atoms with Crippen molar-refractivity contribution in [3.8, 4) is 11.8 Å². The van der Waals surface area contributed by atoms with Gasteiger partial charge in [0.05, 0.1) is 12.5 Å². The molecule has 0 aliphatic heterocycles. The molecule has 0 radical (unpaired) electrons. The van der Waals surface area contributed by atoms with Gasteiger partial charge in [-0.25, -0.2) is 4.79 Å². The standard InChI is InChI=1S/C20H21N3O3/c1-3-19(24)22-16-6-4-7-18(14-16)26-20(25)23(13-5-12-21)17-10-8-15(2)9-11-17/h4,6-11,14H,3,5,13H2,1-2H3,(H,22,24). The second-order valence-corrected chi connectivity index (χ2v) is 5.69. The van der Waals surface area contributed by atoms with E-state index >= 15 is 0 Å². The van der Waals surface area contributed by atoms with Crippen LogP contribution in [0.4, 0.5) is 16.2 Å². The quantitative estimate of drug-likeness (QED) is 0.843. The number of aryl methyl sites for hydroxylation is 1. The molecule has 0 unspecified atom stereocenters. The Morgan fingerprint density at radius 2 is 1.92 bits per heavy atom. The number of benzene rings is 2. The molecule has 6 nitrogen and oxygen atoms in total. The zero-order valence-electron chi connectivity index (χ0n) is 14.9. The molecule has 0 spiro atoms. The van der Waals surface area contributed by atoms with Crippen LogP contribution in [0.1, 0.15) is 25.3 Å². The molecule has 2 rings (SSSR count). The third kappa shape index (κ3) is 5.35. The summed E-state index contributed by atoms with van der Waals surface area (Å²) in [6, 6.07) is 16.1. The minimum atomic E-state index is -0.580. The fourth-order valence-electron chi connectivity index (χ4n) is 2.25. The molecule has 0 aliphatic carbocycles. The number of amides is 2. The third-order valence-electron chi connectivity index (χ3n) is 3.66. The molecule has 0 aliphatic rings. The second kappa shape index (κ2) is 9.23. The number of nitrogens with zero attached hydrogens (tertiary/aromatic N) is 2. The Labute approximate surface area is 153 Å². The number of carbonyl (C=O) groups is 2. The van der Waals surface area contributed by atoms with Crippen molar-refractivity contribution in [2.24, 2.45) is 0 Å². The van der Waals surface area contributed by atoms with Gasteiger partial charge in [-0.1, -0.05) is 30.7 Å². The van der Waals surface area contributed by atoms with Crippen molar-refractivity contribution in [3.05, 3.63) is 54.1 Å². The Hall–Kier alpha value is -3.33. The Kier molecular flexibility index (Phi) is 6.75. The molecular formula is C20H21N3O3. The molecule has 0 bridgehead atoms. The van der Waals surface area contributed by atoms with Gasteiger partial charge < -0.3 is 10.1 Å². The molecule has 134 valence electrons. The largest absolute Gasteiger partial charge is 0.419 e. The average molecular weight is 351 g/mol.